The summed E-state index contributed by atoms with van der Waals surface area (Å²) >= 11 is 3.55. The van der Waals surface area contributed by atoms with Crippen LogP contribution in [0.2, 0.25) is 0 Å². The van der Waals surface area contributed by atoms with Crippen LogP contribution in [0.4, 0.5) is 0 Å². The van der Waals surface area contributed by atoms with Crippen molar-refractivity contribution in [2.24, 2.45) is 0 Å². The third-order valence-electron chi connectivity index (χ3n) is 3.58. The van der Waals surface area contributed by atoms with Gasteiger partial charge in [0.25, 0.3) is 0 Å². The van der Waals surface area contributed by atoms with Crippen molar-refractivity contribution in [3.63, 3.8) is 0 Å². The predicted octanol–water partition coefficient (Wildman–Crippen LogP) is 4.02. The number of thiophene rings is 1. The summed E-state index contributed by atoms with van der Waals surface area (Å²) in [5.41, 5.74) is 3.54. The van der Waals surface area contributed by atoms with Gasteiger partial charge >= 0.3 is 0 Å². The molecule has 3 aromatic heterocycles. The maximum atomic E-state index is 4.90. The molecule has 102 valence electrons. The molecule has 0 amide bonds. The first-order valence-corrected chi connectivity index (χ1v) is 8.52. The van der Waals surface area contributed by atoms with Crippen LogP contribution in [0, 0.1) is 0 Å². The zero-order valence-electron chi connectivity index (χ0n) is 11.2. The monoisotopic (exact) mass is 301 g/mol. The molecule has 20 heavy (non-hydrogen) atoms. The van der Waals surface area contributed by atoms with Crippen LogP contribution in [-0.2, 0) is 6.54 Å². The molecule has 0 atom stereocenters. The SMILES string of the molecule is CNCc1sc(-c2cnc3ccsc3c2)nc1C1CC1. The maximum Gasteiger partial charge on any atom is 0.125 e. The van der Waals surface area contributed by atoms with Gasteiger partial charge in [0.05, 0.1) is 15.9 Å². The van der Waals surface area contributed by atoms with Crippen LogP contribution >= 0.6 is 22.7 Å². The first-order valence-electron chi connectivity index (χ1n) is 6.83. The molecule has 0 bridgehead atoms. The summed E-state index contributed by atoms with van der Waals surface area (Å²) in [4.78, 5) is 10.8. The van der Waals surface area contributed by atoms with E-state index >= 15 is 0 Å². The van der Waals surface area contributed by atoms with Gasteiger partial charge in [0.1, 0.15) is 5.01 Å². The van der Waals surface area contributed by atoms with E-state index in [9.17, 15) is 0 Å². The van der Waals surface area contributed by atoms with Gasteiger partial charge in [-0.25, -0.2) is 4.98 Å². The third kappa shape index (κ3) is 2.16. The Kier molecular flexibility index (Phi) is 3.06. The summed E-state index contributed by atoms with van der Waals surface area (Å²) in [6, 6.07) is 4.28. The molecule has 1 fully saturated rings. The number of hydrogen-bond donors (Lipinski definition) is 1. The van der Waals surface area contributed by atoms with Gasteiger partial charge in [-0.15, -0.1) is 22.7 Å². The van der Waals surface area contributed by atoms with Gasteiger partial charge in [-0.1, -0.05) is 0 Å². The molecule has 3 aromatic rings. The van der Waals surface area contributed by atoms with E-state index in [1.165, 1.54) is 28.1 Å². The van der Waals surface area contributed by atoms with Crippen LogP contribution in [0.1, 0.15) is 29.3 Å². The lowest BCUT2D eigenvalue weighted by molar-refractivity contribution is 0.813. The average Bonchev–Trinajstić information content (AvgIpc) is 3.05. The number of thiazole rings is 1. The molecule has 0 aromatic carbocycles. The van der Waals surface area contributed by atoms with Crippen molar-refractivity contribution < 1.29 is 0 Å². The highest BCUT2D eigenvalue weighted by molar-refractivity contribution is 7.17. The Hall–Kier alpha value is -1.30. The van der Waals surface area contributed by atoms with E-state index in [-0.39, 0.29) is 0 Å². The Balaban J connectivity index is 1.78. The molecular weight excluding hydrogens is 286 g/mol. The molecule has 1 aliphatic rings. The highest BCUT2D eigenvalue weighted by Crippen LogP contribution is 2.44. The lowest BCUT2D eigenvalue weighted by Gasteiger charge is -1.97. The molecule has 0 spiro atoms. The molecule has 1 N–H and O–H groups in total. The Labute approximate surface area is 125 Å². The smallest absolute Gasteiger partial charge is 0.125 e. The lowest BCUT2D eigenvalue weighted by atomic mass is 10.2. The summed E-state index contributed by atoms with van der Waals surface area (Å²) in [6.45, 7) is 0.915. The van der Waals surface area contributed by atoms with Crippen molar-refractivity contribution in [2.75, 3.05) is 7.05 Å². The van der Waals surface area contributed by atoms with E-state index in [2.05, 4.69) is 27.8 Å². The number of nitrogens with zero attached hydrogens (tertiary/aromatic N) is 2. The number of pyridine rings is 1. The lowest BCUT2D eigenvalue weighted by Crippen LogP contribution is -2.05. The van der Waals surface area contributed by atoms with Crippen molar-refractivity contribution in [1.82, 2.24) is 15.3 Å². The minimum absolute atomic E-state index is 0.696. The first kappa shape index (κ1) is 12.4. The Morgan fingerprint density at radius 3 is 3.10 bits per heavy atom. The Morgan fingerprint density at radius 2 is 2.30 bits per heavy atom. The van der Waals surface area contributed by atoms with E-state index in [0.29, 0.717) is 5.92 Å². The highest BCUT2D eigenvalue weighted by Gasteiger charge is 2.29. The molecule has 0 saturated heterocycles. The van der Waals surface area contributed by atoms with Gasteiger partial charge in [0, 0.05) is 29.1 Å². The van der Waals surface area contributed by atoms with Crippen molar-refractivity contribution in [3.05, 3.63) is 34.3 Å². The molecule has 4 rings (SSSR count). The molecule has 5 heteroatoms. The quantitative estimate of drug-likeness (QED) is 0.791. The maximum absolute atomic E-state index is 4.90. The summed E-state index contributed by atoms with van der Waals surface area (Å²) in [5.74, 6) is 0.696. The number of hydrogen-bond acceptors (Lipinski definition) is 5. The Morgan fingerprint density at radius 1 is 1.40 bits per heavy atom. The molecule has 1 saturated carbocycles. The Bertz CT molecular complexity index is 755. The van der Waals surface area contributed by atoms with E-state index < -0.39 is 0 Å². The summed E-state index contributed by atoms with van der Waals surface area (Å²) in [5, 5.41) is 6.45. The molecule has 0 radical (unpaired) electrons. The summed E-state index contributed by atoms with van der Waals surface area (Å²) in [7, 11) is 2.00. The van der Waals surface area contributed by atoms with Gasteiger partial charge in [-0.05, 0) is 37.4 Å². The van der Waals surface area contributed by atoms with Gasteiger partial charge in [0.2, 0.25) is 0 Å². The van der Waals surface area contributed by atoms with Crippen molar-refractivity contribution in [1.29, 1.82) is 0 Å². The van der Waals surface area contributed by atoms with Gasteiger partial charge in [-0.2, -0.15) is 0 Å². The van der Waals surface area contributed by atoms with Crippen molar-refractivity contribution >= 4 is 32.9 Å². The van der Waals surface area contributed by atoms with E-state index in [4.69, 9.17) is 4.98 Å². The van der Waals surface area contributed by atoms with Crippen molar-refractivity contribution in [2.45, 2.75) is 25.3 Å². The minimum atomic E-state index is 0.696. The topological polar surface area (TPSA) is 37.8 Å². The second-order valence-electron chi connectivity index (χ2n) is 5.16. The van der Waals surface area contributed by atoms with Crippen LogP contribution in [0.3, 0.4) is 0 Å². The number of rotatable bonds is 4. The fourth-order valence-corrected chi connectivity index (χ4v) is 4.33. The predicted molar refractivity (Wildman–Crippen MR) is 85.5 cm³/mol. The molecular formula is C15H15N3S2. The van der Waals surface area contributed by atoms with Crippen LogP contribution < -0.4 is 5.32 Å². The molecule has 0 aliphatic heterocycles. The van der Waals surface area contributed by atoms with E-state index in [0.717, 1.165) is 22.6 Å². The standard InChI is InChI=1S/C15H15N3S2/c1-16-8-13-14(9-2-3-9)18-15(20-13)10-6-12-11(17-7-10)4-5-19-12/h4-7,9,16H,2-3,8H2,1H3. The van der Waals surface area contributed by atoms with Crippen molar-refractivity contribution in [3.8, 4) is 10.6 Å². The summed E-state index contributed by atoms with van der Waals surface area (Å²) in [6.07, 6.45) is 4.54. The molecule has 3 nitrogen and oxygen atoms in total. The highest BCUT2D eigenvalue weighted by atomic mass is 32.1. The van der Waals surface area contributed by atoms with Crippen LogP contribution in [0.25, 0.3) is 20.8 Å². The second-order valence-corrected chi connectivity index (χ2v) is 7.19. The normalized spacial score (nSPS) is 15.1. The fourth-order valence-electron chi connectivity index (χ4n) is 2.41. The minimum Gasteiger partial charge on any atom is -0.315 e. The third-order valence-corrected chi connectivity index (χ3v) is 5.55. The van der Waals surface area contributed by atoms with Gasteiger partial charge < -0.3 is 5.32 Å². The van der Waals surface area contributed by atoms with Gasteiger partial charge in [-0.3, -0.25) is 4.98 Å². The number of fused-ring (bicyclic) bond motifs is 1. The number of nitrogens with one attached hydrogen (secondary N) is 1. The summed E-state index contributed by atoms with van der Waals surface area (Å²) < 4.78 is 1.24. The van der Waals surface area contributed by atoms with Crippen LogP contribution in [0.15, 0.2) is 23.7 Å². The van der Waals surface area contributed by atoms with Gasteiger partial charge in [0.15, 0.2) is 0 Å². The fraction of sp³-hybridized carbons (Fsp3) is 0.333. The van der Waals surface area contributed by atoms with Crippen LogP contribution in [-0.4, -0.2) is 17.0 Å². The second kappa shape index (κ2) is 4.91. The average molecular weight is 301 g/mol. The molecule has 1 aliphatic carbocycles. The molecule has 3 heterocycles. The number of aromatic nitrogens is 2. The molecule has 0 unspecified atom stereocenters. The van der Waals surface area contributed by atoms with E-state index in [1.54, 1.807) is 11.3 Å². The zero-order chi connectivity index (χ0) is 13.5. The first-order chi connectivity index (χ1) is 9.85. The largest absolute Gasteiger partial charge is 0.315 e. The van der Waals surface area contributed by atoms with Crippen LogP contribution in [0.5, 0.6) is 0 Å². The zero-order valence-corrected chi connectivity index (χ0v) is 12.9. The van der Waals surface area contributed by atoms with E-state index in [1.807, 2.05) is 24.6 Å².